The molecule has 0 amide bonds. The maximum atomic E-state index is 5.53. The minimum atomic E-state index is -0.385. The van der Waals surface area contributed by atoms with Crippen molar-refractivity contribution < 1.29 is 4.74 Å². The molecule has 0 bridgehead atoms. The molecule has 0 aromatic heterocycles. The van der Waals surface area contributed by atoms with Crippen LogP contribution in [0.25, 0.3) is 0 Å². The summed E-state index contributed by atoms with van der Waals surface area (Å²) in [7, 11) is 0. The summed E-state index contributed by atoms with van der Waals surface area (Å²) < 4.78 is 5.53. The summed E-state index contributed by atoms with van der Waals surface area (Å²) >= 11 is 0. The average molecular weight is 169 g/mol. The highest BCUT2D eigenvalue weighted by atomic mass is 16.5. The van der Waals surface area contributed by atoms with Crippen molar-refractivity contribution in [1.82, 2.24) is 0 Å². The Morgan fingerprint density at radius 3 is 2.67 bits per heavy atom. The van der Waals surface area contributed by atoms with E-state index in [0.717, 1.165) is 12.5 Å². The van der Waals surface area contributed by atoms with E-state index in [1.165, 1.54) is 25.7 Å². The van der Waals surface area contributed by atoms with Crippen LogP contribution in [0.3, 0.4) is 0 Å². The first kappa shape index (κ1) is 9.72. The quantitative estimate of drug-likeness (QED) is 0.442. The van der Waals surface area contributed by atoms with E-state index in [-0.39, 0.29) is 5.72 Å². The maximum Gasteiger partial charge on any atom is 0.152 e. The van der Waals surface area contributed by atoms with E-state index < -0.39 is 0 Å². The summed E-state index contributed by atoms with van der Waals surface area (Å²) in [6, 6.07) is 0. The average Bonchev–Trinajstić information content (AvgIpc) is 2.82. The summed E-state index contributed by atoms with van der Waals surface area (Å²) in [5.74, 6) is 1.01. The SMILES string of the molecule is C=NC(C)(C)OCCCC1CC1. The molecule has 1 saturated carbocycles. The Morgan fingerprint density at radius 1 is 1.50 bits per heavy atom. The molecule has 0 aromatic rings. The molecule has 2 heteroatoms. The Kier molecular flexibility index (Phi) is 3.27. The van der Waals surface area contributed by atoms with Crippen molar-refractivity contribution in [2.75, 3.05) is 6.61 Å². The van der Waals surface area contributed by atoms with Gasteiger partial charge in [0.25, 0.3) is 0 Å². The van der Waals surface area contributed by atoms with E-state index in [0.29, 0.717) is 0 Å². The lowest BCUT2D eigenvalue weighted by Gasteiger charge is -2.19. The summed E-state index contributed by atoms with van der Waals surface area (Å²) in [6.45, 7) is 8.19. The first-order valence-electron chi connectivity index (χ1n) is 4.76. The molecule has 1 aliphatic rings. The van der Waals surface area contributed by atoms with Gasteiger partial charge in [0.05, 0.1) is 0 Å². The zero-order valence-electron chi connectivity index (χ0n) is 8.18. The molecule has 0 saturated heterocycles. The second-order valence-corrected chi connectivity index (χ2v) is 4.04. The molecule has 12 heavy (non-hydrogen) atoms. The Labute approximate surface area is 75.0 Å². The van der Waals surface area contributed by atoms with Crippen LogP contribution >= 0.6 is 0 Å². The fourth-order valence-corrected chi connectivity index (χ4v) is 1.15. The van der Waals surface area contributed by atoms with Crippen LogP contribution in [0.15, 0.2) is 4.99 Å². The molecule has 0 unspecified atom stereocenters. The summed E-state index contributed by atoms with van der Waals surface area (Å²) in [4.78, 5) is 3.88. The standard InChI is InChI=1S/C10H19NO/c1-10(2,11-3)12-8-4-5-9-6-7-9/h9H,3-8H2,1-2H3. The molecule has 0 heterocycles. The Morgan fingerprint density at radius 2 is 2.17 bits per heavy atom. The van der Waals surface area contributed by atoms with E-state index in [9.17, 15) is 0 Å². The van der Waals surface area contributed by atoms with E-state index in [1.807, 2.05) is 13.8 Å². The normalized spacial score (nSPS) is 17.8. The van der Waals surface area contributed by atoms with Crippen molar-refractivity contribution in [2.24, 2.45) is 10.9 Å². The van der Waals surface area contributed by atoms with Gasteiger partial charge in [-0.1, -0.05) is 12.8 Å². The number of nitrogens with zero attached hydrogens (tertiary/aromatic N) is 1. The van der Waals surface area contributed by atoms with Gasteiger partial charge in [0.1, 0.15) is 0 Å². The summed E-state index contributed by atoms with van der Waals surface area (Å²) in [5, 5.41) is 0. The number of ether oxygens (including phenoxy) is 1. The molecule has 1 fully saturated rings. The molecule has 0 N–H and O–H groups in total. The predicted octanol–water partition coefficient (Wildman–Crippen LogP) is 2.63. The topological polar surface area (TPSA) is 21.6 Å². The summed E-state index contributed by atoms with van der Waals surface area (Å²) in [6.07, 6.45) is 5.36. The molecule has 2 nitrogen and oxygen atoms in total. The van der Waals surface area contributed by atoms with Crippen LogP contribution in [0.2, 0.25) is 0 Å². The largest absolute Gasteiger partial charge is 0.355 e. The van der Waals surface area contributed by atoms with Gasteiger partial charge >= 0.3 is 0 Å². The van der Waals surface area contributed by atoms with E-state index in [2.05, 4.69) is 11.7 Å². The van der Waals surface area contributed by atoms with Gasteiger partial charge in [-0.25, -0.2) is 0 Å². The lowest BCUT2D eigenvalue weighted by molar-refractivity contribution is -0.0117. The van der Waals surface area contributed by atoms with Gasteiger partial charge in [-0.2, -0.15) is 0 Å². The molecule has 0 aliphatic heterocycles. The van der Waals surface area contributed by atoms with Crippen molar-refractivity contribution in [1.29, 1.82) is 0 Å². The minimum Gasteiger partial charge on any atom is -0.355 e. The first-order chi connectivity index (χ1) is 5.64. The summed E-state index contributed by atoms with van der Waals surface area (Å²) in [5.41, 5.74) is -0.385. The van der Waals surface area contributed by atoms with Crippen LogP contribution in [0.1, 0.15) is 39.5 Å². The molecule has 1 aliphatic carbocycles. The second kappa shape index (κ2) is 4.04. The van der Waals surface area contributed by atoms with Gasteiger partial charge in [0.2, 0.25) is 0 Å². The number of rotatable bonds is 6. The molecule has 0 aromatic carbocycles. The van der Waals surface area contributed by atoms with Gasteiger partial charge in [-0.05, 0) is 39.3 Å². The number of hydrogen-bond donors (Lipinski definition) is 0. The lowest BCUT2D eigenvalue weighted by atomic mass is 10.2. The Hall–Kier alpha value is -0.370. The first-order valence-corrected chi connectivity index (χ1v) is 4.76. The third-order valence-corrected chi connectivity index (χ3v) is 2.29. The molecular weight excluding hydrogens is 150 g/mol. The smallest absolute Gasteiger partial charge is 0.152 e. The molecule has 70 valence electrons. The highest BCUT2D eigenvalue weighted by Gasteiger charge is 2.21. The van der Waals surface area contributed by atoms with Crippen molar-refractivity contribution in [3.63, 3.8) is 0 Å². The molecule has 0 atom stereocenters. The van der Waals surface area contributed by atoms with E-state index in [4.69, 9.17) is 4.74 Å². The third-order valence-electron chi connectivity index (χ3n) is 2.29. The van der Waals surface area contributed by atoms with E-state index >= 15 is 0 Å². The van der Waals surface area contributed by atoms with Gasteiger partial charge in [0.15, 0.2) is 5.72 Å². The maximum absolute atomic E-state index is 5.53. The minimum absolute atomic E-state index is 0.385. The molecular formula is C10H19NO. The fraction of sp³-hybridized carbons (Fsp3) is 0.900. The van der Waals surface area contributed by atoms with Crippen LogP contribution in [0, 0.1) is 5.92 Å². The van der Waals surface area contributed by atoms with Crippen molar-refractivity contribution >= 4 is 6.72 Å². The Bertz CT molecular complexity index is 150. The van der Waals surface area contributed by atoms with Gasteiger partial charge in [-0.3, -0.25) is 4.99 Å². The van der Waals surface area contributed by atoms with Crippen molar-refractivity contribution in [2.45, 2.75) is 45.3 Å². The van der Waals surface area contributed by atoms with Crippen LogP contribution in [-0.2, 0) is 4.74 Å². The van der Waals surface area contributed by atoms with Gasteiger partial charge in [-0.15, -0.1) is 0 Å². The Balaban J connectivity index is 1.96. The van der Waals surface area contributed by atoms with Crippen molar-refractivity contribution in [3.8, 4) is 0 Å². The van der Waals surface area contributed by atoms with Crippen molar-refractivity contribution in [3.05, 3.63) is 0 Å². The van der Waals surface area contributed by atoms with Crippen LogP contribution in [0.5, 0.6) is 0 Å². The lowest BCUT2D eigenvalue weighted by Crippen LogP contribution is -2.21. The molecule has 1 rings (SSSR count). The molecule has 0 spiro atoms. The van der Waals surface area contributed by atoms with Gasteiger partial charge < -0.3 is 4.74 Å². The van der Waals surface area contributed by atoms with Gasteiger partial charge in [0, 0.05) is 6.61 Å². The highest BCUT2D eigenvalue weighted by molar-refractivity contribution is 5.24. The van der Waals surface area contributed by atoms with E-state index in [1.54, 1.807) is 0 Å². The molecule has 0 radical (unpaired) electrons. The van der Waals surface area contributed by atoms with Crippen LogP contribution < -0.4 is 0 Å². The predicted molar refractivity (Wildman–Crippen MR) is 51.5 cm³/mol. The fourth-order valence-electron chi connectivity index (χ4n) is 1.15. The highest BCUT2D eigenvalue weighted by Crippen LogP contribution is 2.33. The zero-order valence-corrected chi connectivity index (χ0v) is 8.18. The number of aliphatic imine (C=N–C) groups is 1. The van der Waals surface area contributed by atoms with Crippen LogP contribution in [-0.4, -0.2) is 19.0 Å². The third kappa shape index (κ3) is 3.86. The van der Waals surface area contributed by atoms with Crippen LogP contribution in [0.4, 0.5) is 0 Å². The number of hydrogen-bond acceptors (Lipinski definition) is 2. The second-order valence-electron chi connectivity index (χ2n) is 4.04. The zero-order chi connectivity index (χ0) is 9.03. The monoisotopic (exact) mass is 169 g/mol.